The van der Waals surface area contributed by atoms with Crippen molar-refractivity contribution < 1.29 is 14.3 Å². The van der Waals surface area contributed by atoms with Gasteiger partial charge in [-0.1, -0.05) is 24.3 Å². The quantitative estimate of drug-likeness (QED) is 0.682. The van der Waals surface area contributed by atoms with Gasteiger partial charge in [0.1, 0.15) is 0 Å². The predicted molar refractivity (Wildman–Crippen MR) is 85.8 cm³/mol. The molecular formula is C17H18N2O3. The largest absolute Gasteiger partial charge is 0.493 e. The first-order valence-corrected chi connectivity index (χ1v) is 6.76. The minimum absolute atomic E-state index is 0.314. The molecule has 0 aliphatic rings. The smallest absolute Gasteiger partial charge is 0.271 e. The van der Waals surface area contributed by atoms with Crippen LogP contribution in [0.4, 0.5) is 0 Å². The summed E-state index contributed by atoms with van der Waals surface area (Å²) in [5, 5.41) is 3.98. The van der Waals surface area contributed by atoms with E-state index in [4.69, 9.17) is 9.47 Å². The van der Waals surface area contributed by atoms with Gasteiger partial charge in [-0.15, -0.1) is 0 Å². The number of hydrazone groups is 1. The molecule has 1 N–H and O–H groups in total. The summed E-state index contributed by atoms with van der Waals surface area (Å²) in [6.07, 6.45) is 1.62. The van der Waals surface area contributed by atoms with Gasteiger partial charge in [-0.2, -0.15) is 5.10 Å². The molecule has 0 spiro atoms. The van der Waals surface area contributed by atoms with Crippen LogP contribution in [0.3, 0.4) is 0 Å². The molecule has 0 unspecified atom stereocenters. The highest BCUT2D eigenvalue weighted by Crippen LogP contribution is 2.27. The molecule has 2 rings (SSSR count). The van der Waals surface area contributed by atoms with Crippen LogP contribution in [-0.2, 0) is 0 Å². The Balaban J connectivity index is 2.08. The fourth-order valence-corrected chi connectivity index (χ4v) is 1.93. The molecule has 1 amide bonds. The highest BCUT2D eigenvalue weighted by molar-refractivity contribution is 5.95. The summed E-state index contributed by atoms with van der Waals surface area (Å²) >= 11 is 0. The van der Waals surface area contributed by atoms with Crippen molar-refractivity contribution in [1.82, 2.24) is 5.43 Å². The average Bonchev–Trinajstić information content (AvgIpc) is 2.55. The summed E-state index contributed by atoms with van der Waals surface area (Å²) in [6, 6.07) is 12.7. The van der Waals surface area contributed by atoms with E-state index in [0.717, 1.165) is 11.1 Å². The number of carbonyl (C=O) groups is 1. The molecule has 0 aliphatic heterocycles. The van der Waals surface area contributed by atoms with E-state index in [0.29, 0.717) is 17.1 Å². The topological polar surface area (TPSA) is 59.9 Å². The van der Waals surface area contributed by atoms with Crippen molar-refractivity contribution in [2.45, 2.75) is 6.92 Å². The third-order valence-electron chi connectivity index (χ3n) is 3.20. The van der Waals surface area contributed by atoms with Gasteiger partial charge in [0.05, 0.1) is 20.4 Å². The van der Waals surface area contributed by atoms with E-state index in [2.05, 4.69) is 10.5 Å². The van der Waals surface area contributed by atoms with Gasteiger partial charge >= 0.3 is 0 Å². The Morgan fingerprint density at radius 1 is 1.09 bits per heavy atom. The summed E-state index contributed by atoms with van der Waals surface area (Å²) in [6.45, 7) is 1.98. The normalized spacial score (nSPS) is 10.5. The Morgan fingerprint density at radius 3 is 2.50 bits per heavy atom. The first-order chi connectivity index (χ1) is 10.7. The van der Waals surface area contributed by atoms with Crippen LogP contribution in [-0.4, -0.2) is 26.3 Å². The van der Waals surface area contributed by atoms with Crippen LogP contribution < -0.4 is 14.9 Å². The fraction of sp³-hybridized carbons (Fsp3) is 0.176. The molecule has 0 atom stereocenters. The molecule has 0 radical (unpaired) electrons. The van der Waals surface area contributed by atoms with Crippen LogP contribution in [0.15, 0.2) is 47.6 Å². The van der Waals surface area contributed by atoms with Gasteiger partial charge in [-0.3, -0.25) is 4.79 Å². The van der Waals surface area contributed by atoms with Gasteiger partial charge in [0.2, 0.25) is 0 Å². The van der Waals surface area contributed by atoms with Crippen molar-refractivity contribution >= 4 is 12.1 Å². The minimum Gasteiger partial charge on any atom is -0.493 e. The summed E-state index contributed by atoms with van der Waals surface area (Å²) < 4.78 is 10.3. The minimum atomic E-state index is -0.314. The van der Waals surface area contributed by atoms with E-state index >= 15 is 0 Å². The molecule has 5 nitrogen and oxygen atoms in total. The van der Waals surface area contributed by atoms with Crippen LogP contribution in [0.1, 0.15) is 21.5 Å². The number of carbonyl (C=O) groups excluding carboxylic acids is 1. The highest BCUT2D eigenvalue weighted by atomic mass is 16.5. The lowest BCUT2D eigenvalue weighted by Gasteiger charge is -2.08. The predicted octanol–water partition coefficient (Wildman–Crippen LogP) is 2.78. The van der Waals surface area contributed by atoms with Crippen molar-refractivity contribution in [1.29, 1.82) is 0 Å². The fourth-order valence-electron chi connectivity index (χ4n) is 1.93. The van der Waals surface area contributed by atoms with E-state index in [9.17, 15) is 4.79 Å². The standard InChI is InChI=1S/C17H18N2O3/c1-12-6-4-5-7-14(12)11-18-19-17(20)13-8-9-15(21-2)16(10-13)22-3/h4-11H,1-3H3,(H,19,20)/b18-11+. The number of benzene rings is 2. The lowest BCUT2D eigenvalue weighted by Crippen LogP contribution is -2.17. The average molecular weight is 298 g/mol. The molecule has 2 aromatic carbocycles. The molecular weight excluding hydrogens is 280 g/mol. The first-order valence-electron chi connectivity index (χ1n) is 6.76. The molecule has 2 aromatic rings. The van der Waals surface area contributed by atoms with Crippen molar-refractivity contribution in [2.24, 2.45) is 5.10 Å². The van der Waals surface area contributed by atoms with Crippen LogP contribution >= 0.6 is 0 Å². The lowest BCUT2D eigenvalue weighted by molar-refractivity contribution is 0.0954. The first kappa shape index (κ1) is 15.6. The van der Waals surface area contributed by atoms with Gasteiger partial charge in [0.15, 0.2) is 11.5 Å². The van der Waals surface area contributed by atoms with Crippen LogP contribution in [0.5, 0.6) is 11.5 Å². The molecule has 0 saturated heterocycles. The Kier molecular flexibility index (Phi) is 5.14. The van der Waals surface area contributed by atoms with E-state index in [1.165, 1.54) is 7.11 Å². The van der Waals surface area contributed by atoms with Crippen LogP contribution in [0, 0.1) is 6.92 Å². The highest BCUT2D eigenvalue weighted by Gasteiger charge is 2.09. The third-order valence-corrected chi connectivity index (χ3v) is 3.20. The zero-order valence-electron chi connectivity index (χ0n) is 12.8. The number of amides is 1. The molecule has 0 aromatic heterocycles. The van der Waals surface area contributed by atoms with Gasteiger partial charge in [0.25, 0.3) is 5.91 Å². The van der Waals surface area contributed by atoms with Gasteiger partial charge in [-0.25, -0.2) is 5.43 Å². The summed E-state index contributed by atoms with van der Waals surface area (Å²) in [4.78, 5) is 12.1. The van der Waals surface area contributed by atoms with E-state index < -0.39 is 0 Å². The molecule has 5 heteroatoms. The van der Waals surface area contributed by atoms with E-state index in [-0.39, 0.29) is 5.91 Å². The SMILES string of the molecule is COc1ccc(C(=O)N/N=C/c2ccccc2C)cc1OC. The maximum absolute atomic E-state index is 12.1. The number of nitrogens with one attached hydrogen (secondary N) is 1. The van der Waals surface area contributed by atoms with Gasteiger partial charge in [0, 0.05) is 5.56 Å². The maximum Gasteiger partial charge on any atom is 0.271 e. The second-order valence-electron chi connectivity index (χ2n) is 4.63. The Bertz CT molecular complexity index is 696. The number of hydrogen-bond donors (Lipinski definition) is 1. The molecule has 114 valence electrons. The van der Waals surface area contributed by atoms with Crippen LogP contribution in [0.25, 0.3) is 0 Å². The molecule has 0 saturated carbocycles. The summed E-state index contributed by atoms with van der Waals surface area (Å²) in [7, 11) is 3.07. The van der Waals surface area contributed by atoms with E-state index in [1.807, 2.05) is 31.2 Å². The van der Waals surface area contributed by atoms with Crippen molar-refractivity contribution in [3.8, 4) is 11.5 Å². The lowest BCUT2D eigenvalue weighted by atomic mass is 10.1. The zero-order chi connectivity index (χ0) is 15.9. The Morgan fingerprint density at radius 2 is 1.82 bits per heavy atom. The van der Waals surface area contributed by atoms with Crippen LogP contribution in [0.2, 0.25) is 0 Å². The number of rotatable bonds is 5. The number of aryl methyl sites for hydroxylation is 1. The number of nitrogens with zero attached hydrogens (tertiary/aromatic N) is 1. The second-order valence-corrected chi connectivity index (χ2v) is 4.63. The van der Waals surface area contributed by atoms with Gasteiger partial charge < -0.3 is 9.47 Å². The Labute approximate surface area is 129 Å². The zero-order valence-corrected chi connectivity index (χ0v) is 12.8. The third kappa shape index (κ3) is 3.63. The number of ether oxygens (including phenoxy) is 2. The molecule has 0 fully saturated rings. The van der Waals surface area contributed by atoms with Crippen molar-refractivity contribution in [2.75, 3.05) is 14.2 Å². The molecule has 0 aliphatic carbocycles. The molecule has 0 heterocycles. The van der Waals surface area contributed by atoms with Crippen molar-refractivity contribution in [3.63, 3.8) is 0 Å². The second kappa shape index (κ2) is 7.26. The maximum atomic E-state index is 12.1. The number of hydrogen-bond acceptors (Lipinski definition) is 4. The summed E-state index contributed by atoms with van der Waals surface area (Å²) in [5.41, 5.74) is 4.98. The number of methoxy groups -OCH3 is 2. The summed E-state index contributed by atoms with van der Waals surface area (Å²) in [5.74, 6) is 0.756. The Hall–Kier alpha value is -2.82. The van der Waals surface area contributed by atoms with Crippen molar-refractivity contribution in [3.05, 3.63) is 59.2 Å². The monoisotopic (exact) mass is 298 g/mol. The molecule has 22 heavy (non-hydrogen) atoms. The van der Waals surface area contributed by atoms with E-state index in [1.54, 1.807) is 31.5 Å². The van der Waals surface area contributed by atoms with Gasteiger partial charge in [-0.05, 0) is 36.2 Å². The molecule has 0 bridgehead atoms.